The predicted molar refractivity (Wildman–Crippen MR) is 61.7 cm³/mol. The smallest absolute Gasteiger partial charge is 0.360 e. The SMILES string of the molecule is CCOC(=O)c1ncn(-c2ccncc2F)c1N. The van der Waals surface area contributed by atoms with E-state index in [0.29, 0.717) is 0 Å². The molecule has 0 bridgehead atoms. The lowest BCUT2D eigenvalue weighted by Gasteiger charge is -2.06. The summed E-state index contributed by atoms with van der Waals surface area (Å²) in [6.07, 6.45) is 3.74. The number of aromatic nitrogens is 3. The van der Waals surface area contributed by atoms with E-state index in [1.807, 2.05) is 0 Å². The quantitative estimate of drug-likeness (QED) is 0.826. The third kappa shape index (κ3) is 2.02. The van der Waals surface area contributed by atoms with Gasteiger partial charge in [-0.25, -0.2) is 14.2 Å². The maximum absolute atomic E-state index is 13.5. The van der Waals surface area contributed by atoms with Crippen molar-refractivity contribution in [1.82, 2.24) is 14.5 Å². The molecule has 0 fully saturated rings. The Morgan fingerprint density at radius 1 is 1.61 bits per heavy atom. The van der Waals surface area contributed by atoms with Crippen LogP contribution in [0.5, 0.6) is 0 Å². The number of carbonyl (C=O) groups is 1. The van der Waals surface area contributed by atoms with Crippen LogP contribution in [0.1, 0.15) is 17.4 Å². The molecule has 0 unspecified atom stereocenters. The van der Waals surface area contributed by atoms with Gasteiger partial charge in [-0.1, -0.05) is 0 Å². The minimum atomic E-state index is -0.636. The number of rotatable bonds is 3. The van der Waals surface area contributed by atoms with Gasteiger partial charge in [-0.3, -0.25) is 9.55 Å². The average molecular weight is 250 g/mol. The average Bonchev–Trinajstić information content (AvgIpc) is 2.72. The number of imidazole rings is 1. The van der Waals surface area contributed by atoms with Crippen molar-refractivity contribution in [3.8, 4) is 5.69 Å². The molecule has 2 aromatic heterocycles. The molecule has 0 aromatic carbocycles. The highest BCUT2D eigenvalue weighted by atomic mass is 19.1. The van der Waals surface area contributed by atoms with E-state index in [9.17, 15) is 9.18 Å². The molecule has 0 atom stereocenters. The fraction of sp³-hybridized carbons (Fsp3) is 0.182. The van der Waals surface area contributed by atoms with Crippen LogP contribution in [0.15, 0.2) is 24.8 Å². The molecule has 0 aliphatic carbocycles. The molecule has 0 aliphatic rings. The zero-order valence-electron chi connectivity index (χ0n) is 9.63. The number of ether oxygens (including phenoxy) is 1. The van der Waals surface area contributed by atoms with Gasteiger partial charge in [-0.2, -0.15) is 0 Å². The molecule has 2 heterocycles. The van der Waals surface area contributed by atoms with Gasteiger partial charge in [0, 0.05) is 6.20 Å². The topological polar surface area (TPSA) is 83.0 Å². The summed E-state index contributed by atoms with van der Waals surface area (Å²) in [5.41, 5.74) is 5.89. The Bertz CT molecular complexity index is 582. The summed E-state index contributed by atoms with van der Waals surface area (Å²) in [7, 11) is 0. The lowest BCUT2D eigenvalue weighted by Crippen LogP contribution is -2.10. The number of esters is 1. The molecular formula is C11H11FN4O2. The van der Waals surface area contributed by atoms with E-state index in [2.05, 4.69) is 9.97 Å². The van der Waals surface area contributed by atoms with E-state index in [-0.39, 0.29) is 23.8 Å². The summed E-state index contributed by atoms with van der Waals surface area (Å²) < 4.78 is 19.6. The number of anilines is 1. The van der Waals surface area contributed by atoms with E-state index >= 15 is 0 Å². The fourth-order valence-electron chi connectivity index (χ4n) is 1.47. The molecule has 6 nitrogen and oxygen atoms in total. The minimum Gasteiger partial charge on any atom is -0.461 e. The Morgan fingerprint density at radius 2 is 2.39 bits per heavy atom. The van der Waals surface area contributed by atoms with Crippen molar-refractivity contribution < 1.29 is 13.9 Å². The monoisotopic (exact) mass is 250 g/mol. The third-order valence-corrected chi connectivity index (χ3v) is 2.28. The number of pyridine rings is 1. The predicted octanol–water partition coefficient (Wildman–Crippen LogP) is 1.17. The minimum absolute atomic E-state index is 0.0264. The largest absolute Gasteiger partial charge is 0.461 e. The van der Waals surface area contributed by atoms with Crippen LogP contribution < -0.4 is 5.73 Å². The van der Waals surface area contributed by atoms with Crippen molar-refractivity contribution >= 4 is 11.8 Å². The van der Waals surface area contributed by atoms with Gasteiger partial charge < -0.3 is 10.5 Å². The molecule has 2 N–H and O–H groups in total. The molecule has 0 spiro atoms. The summed E-state index contributed by atoms with van der Waals surface area (Å²) in [6.45, 7) is 1.89. The van der Waals surface area contributed by atoms with Crippen LogP contribution in [-0.4, -0.2) is 27.1 Å². The van der Waals surface area contributed by atoms with Crippen LogP contribution in [0, 0.1) is 5.82 Å². The second kappa shape index (κ2) is 4.82. The number of hydrogen-bond acceptors (Lipinski definition) is 5. The van der Waals surface area contributed by atoms with Crippen LogP contribution in [0.25, 0.3) is 5.69 Å². The number of hydrogen-bond donors (Lipinski definition) is 1. The van der Waals surface area contributed by atoms with Crippen LogP contribution in [0.3, 0.4) is 0 Å². The van der Waals surface area contributed by atoms with Gasteiger partial charge in [0.2, 0.25) is 0 Å². The van der Waals surface area contributed by atoms with Crippen LogP contribution >= 0.6 is 0 Å². The van der Waals surface area contributed by atoms with Crippen molar-refractivity contribution in [1.29, 1.82) is 0 Å². The van der Waals surface area contributed by atoms with E-state index < -0.39 is 11.8 Å². The van der Waals surface area contributed by atoms with Crippen molar-refractivity contribution in [2.45, 2.75) is 6.92 Å². The highest BCUT2D eigenvalue weighted by molar-refractivity contribution is 5.92. The van der Waals surface area contributed by atoms with E-state index in [4.69, 9.17) is 10.5 Å². The van der Waals surface area contributed by atoms with Gasteiger partial charge in [-0.05, 0) is 13.0 Å². The molecule has 94 valence electrons. The lowest BCUT2D eigenvalue weighted by atomic mass is 10.3. The van der Waals surface area contributed by atoms with Gasteiger partial charge in [0.15, 0.2) is 11.5 Å². The van der Waals surface area contributed by atoms with Gasteiger partial charge in [-0.15, -0.1) is 0 Å². The highest BCUT2D eigenvalue weighted by Crippen LogP contribution is 2.19. The Hall–Kier alpha value is -2.44. The van der Waals surface area contributed by atoms with Gasteiger partial charge >= 0.3 is 5.97 Å². The second-order valence-corrected chi connectivity index (χ2v) is 3.40. The lowest BCUT2D eigenvalue weighted by molar-refractivity contribution is 0.0521. The molecule has 0 amide bonds. The standard InChI is InChI=1S/C11H11FN4O2/c1-2-18-11(17)9-10(13)16(6-15-9)8-3-4-14-5-7(8)12/h3-6H,2,13H2,1H3. The number of carbonyl (C=O) groups excluding carboxylic acids is 1. The first-order chi connectivity index (χ1) is 8.65. The van der Waals surface area contributed by atoms with Crippen molar-refractivity contribution in [2.75, 3.05) is 12.3 Å². The first-order valence-electron chi connectivity index (χ1n) is 5.25. The maximum Gasteiger partial charge on any atom is 0.360 e. The summed E-state index contributed by atoms with van der Waals surface area (Å²) in [6, 6.07) is 1.43. The Kier molecular flexibility index (Phi) is 3.22. The van der Waals surface area contributed by atoms with Gasteiger partial charge in [0.1, 0.15) is 12.1 Å². The molecule has 7 heteroatoms. The molecule has 0 saturated heterocycles. The van der Waals surface area contributed by atoms with Crippen LogP contribution in [-0.2, 0) is 4.74 Å². The Labute approximate surface area is 102 Å². The summed E-state index contributed by atoms with van der Waals surface area (Å²) in [5.74, 6) is -1.17. The molecule has 2 aromatic rings. The molecule has 0 radical (unpaired) electrons. The third-order valence-electron chi connectivity index (χ3n) is 2.28. The molecule has 0 saturated carbocycles. The zero-order chi connectivity index (χ0) is 13.1. The fourth-order valence-corrected chi connectivity index (χ4v) is 1.47. The van der Waals surface area contributed by atoms with Gasteiger partial charge in [0.25, 0.3) is 0 Å². The Balaban J connectivity index is 2.43. The van der Waals surface area contributed by atoms with Crippen LogP contribution in [0.2, 0.25) is 0 Å². The van der Waals surface area contributed by atoms with Gasteiger partial charge in [0.05, 0.1) is 18.5 Å². The summed E-state index contributed by atoms with van der Waals surface area (Å²) in [4.78, 5) is 19.0. The molecular weight excluding hydrogens is 239 g/mol. The molecule has 18 heavy (non-hydrogen) atoms. The highest BCUT2D eigenvalue weighted by Gasteiger charge is 2.18. The van der Waals surface area contributed by atoms with Crippen molar-refractivity contribution in [2.24, 2.45) is 0 Å². The summed E-state index contributed by atoms with van der Waals surface area (Å²) >= 11 is 0. The van der Waals surface area contributed by atoms with E-state index in [0.717, 1.165) is 6.20 Å². The normalized spacial score (nSPS) is 10.3. The number of nitrogens with zero attached hydrogens (tertiary/aromatic N) is 3. The van der Waals surface area contributed by atoms with E-state index in [1.54, 1.807) is 6.92 Å². The maximum atomic E-state index is 13.5. The number of nitrogens with two attached hydrogens (primary N) is 1. The van der Waals surface area contributed by atoms with Crippen molar-refractivity contribution in [3.63, 3.8) is 0 Å². The second-order valence-electron chi connectivity index (χ2n) is 3.40. The van der Waals surface area contributed by atoms with E-state index in [1.165, 1.54) is 23.2 Å². The first kappa shape index (κ1) is 12.0. The number of halogens is 1. The van der Waals surface area contributed by atoms with Crippen LogP contribution in [0.4, 0.5) is 10.2 Å². The number of nitrogen functional groups attached to an aromatic ring is 1. The molecule has 0 aliphatic heterocycles. The van der Waals surface area contributed by atoms with Crippen molar-refractivity contribution in [3.05, 3.63) is 36.3 Å². The Morgan fingerprint density at radius 3 is 3.06 bits per heavy atom. The zero-order valence-corrected chi connectivity index (χ0v) is 9.63. The first-order valence-corrected chi connectivity index (χ1v) is 5.25. The summed E-state index contributed by atoms with van der Waals surface area (Å²) in [5, 5.41) is 0. The molecule has 2 rings (SSSR count).